The van der Waals surface area contributed by atoms with Gasteiger partial charge in [0.15, 0.2) is 0 Å². The smallest absolute Gasteiger partial charge is 0.305 e. The van der Waals surface area contributed by atoms with Crippen LogP contribution in [0.4, 0.5) is 0 Å². The van der Waals surface area contributed by atoms with E-state index >= 15 is 0 Å². The van der Waals surface area contributed by atoms with Crippen LogP contribution in [0.25, 0.3) is 0 Å². The van der Waals surface area contributed by atoms with Gasteiger partial charge < -0.3 is 15.7 Å². The molecule has 0 aromatic rings. The van der Waals surface area contributed by atoms with Gasteiger partial charge in [0.25, 0.3) is 0 Å². The van der Waals surface area contributed by atoms with Crippen molar-refractivity contribution in [3.63, 3.8) is 0 Å². The standard InChI is InChI=1S/C9H16N2O3/c1-6(2-9(13)14)11-8(12)3-7-4-10-5-7/h6-7,10H,2-5H2,1H3,(H,11,12)(H,13,14). The molecule has 1 aliphatic rings. The monoisotopic (exact) mass is 200 g/mol. The Bertz CT molecular complexity index is 226. The van der Waals surface area contributed by atoms with E-state index in [4.69, 9.17) is 5.11 Å². The van der Waals surface area contributed by atoms with Crippen LogP contribution in [0.5, 0.6) is 0 Å². The molecule has 1 rings (SSSR count). The fourth-order valence-corrected chi connectivity index (χ4v) is 1.40. The number of carbonyl (C=O) groups excluding carboxylic acids is 1. The zero-order chi connectivity index (χ0) is 10.6. The van der Waals surface area contributed by atoms with Gasteiger partial charge in [-0.1, -0.05) is 0 Å². The Morgan fingerprint density at radius 2 is 2.21 bits per heavy atom. The molecule has 5 heteroatoms. The lowest BCUT2D eigenvalue weighted by Crippen LogP contribution is -2.45. The Balaban J connectivity index is 2.14. The van der Waals surface area contributed by atoms with Crippen LogP contribution in [-0.4, -0.2) is 36.1 Å². The molecule has 0 spiro atoms. The van der Waals surface area contributed by atoms with Gasteiger partial charge in [0.2, 0.25) is 5.91 Å². The molecule has 1 saturated heterocycles. The van der Waals surface area contributed by atoms with Crippen molar-refractivity contribution in [3.8, 4) is 0 Å². The number of amides is 1. The highest BCUT2D eigenvalue weighted by molar-refractivity contribution is 5.77. The highest BCUT2D eigenvalue weighted by atomic mass is 16.4. The molecule has 1 atom stereocenters. The van der Waals surface area contributed by atoms with Crippen LogP contribution in [0.3, 0.4) is 0 Å². The quantitative estimate of drug-likeness (QED) is 0.563. The summed E-state index contributed by atoms with van der Waals surface area (Å²) in [6.07, 6.45) is 0.478. The van der Waals surface area contributed by atoms with Crippen molar-refractivity contribution in [2.45, 2.75) is 25.8 Å². The number of nitrogens with one attached hydrogen (secondary N) is 2. The fraction of sp³-hybridized carbons (Fsp3) is 0.778. The molecule has 0 saturated carbocycles. The Labute approximate surface area is 82.9 Å². The minimum absolute atomic E-state index is 0.0192. The molecule has 1 unspecified atom stereocenters. The summed E-state index contributed by atoms with van der Waals surface area (Å²) in [5.74, 6) is -0.514. The molecule has 0 radical (unpaired) electrons. The first-order valence-electron chi connectivity index (χ1n) is 4.80. The van der Waals surface area contributed by atoms with E-state index in [2.05, 4.69) is 10.6 Å². The Kier molecular flexibility index (Phi) is 3.88. The van der Waals surface area contributed by atoms with Gasteiger partial charge in [-0.2, -0.15) is 0 Å². The van der Waals surface area contributed by atoms with Crippen molar-refractivity contribution in [2.75, 3.05) is 13.1 Å². The second-order valence-electron chi connectivity index (χ2n) is 3.79. The van der Waals surface area contributed by atoms with Gasteiger partial charge in [0.05, 0.1) is 6.42 Å². The number of hydrogen-bond donors (Lipinski definition) is 3. The van der Waals surface area contributed by atoms with E-state index in [1.165, 1.54) is 0 Å². The van der Waals surface area contributed by atoms with Crippen molar-refractivity contribution in [2.24, 2.45) is 5.92 Å². The predicted molar refractivity (Wildman–Crippen MR) is 50.8 cm³/mol. The minimum Gasteiger partial charge on any atom is -0.481 e. The molecule has 1 heterocycles. The van der Waals surface area contributed by atoms with Crippen LogP contribution < -0.4 is 10.6 Å². The van der Waals surface area contributed by atoms with Gasteiger partial charge in [-0.15, -0.1) is 0 Å². The lowest BCUT2D eigenvalue weighted by atomic mass is 9.99. The molecule has 5 nitrogen and oxygen atoms in total. The van der Waals surface area contributed by atoms with Crippen LogP contribution >= 0.6 is 0 Å². The molecule has 1 amide bonds. The number of aliphatic carboxylic acids is 1. The van der Waals surface area contributed by atoms with Crippen LogP contribution in [0, 0.1) is 5.92 Å². The van der Waals surface area contributed by atoms with E-state index in [1.54, 1.807) is 6.92 Å². The highest BCUT2D eigenvalue weighted by Crippen LogP contribution is 2.07. The van der Waals surface area contributed by atoms with Crippen molar-refractivity contribution in [3.05, 3.63) is 0 Å². The van der Waals surface area contributed by atoms with Gasteiger partial charge in [-0.05, 0) is 25.9 Å². The van der Waals surface area contributed by atoms with Crippen LogP contribution in [-0.2, 0) is 9.59 Å². The summed E-state index contributed by atoms with van der Waals surface area (Å²) < 4.78 is 0. The zero-order valence-corrected chi connectivity index (χ0v) is 8.25. The second kappa shape index (κ2) is 4.95. The predicted octanol–water partition coefficient (Wildman–Crippen LogP) is -0.425. The summed E-state index contributed by atoms with van der Waals surface area (Å²) >= 11 is 0. The maximum absolute atomic E-state index is 11.3. The van der Waals surface area contributed by atoms with Crippen LogP contribution in [0.15, 0.2) is 0 Å². The Hall–Kier alpha value is -1.10. The van der Waals surface area contributed by atoms with Crippen molar-refractivity contribution < 1.29 is 14.7 Å². The Morgan fingerprint density at radius 3 is 2.64 bits per heavy atom. The lowest BCUT2D eigenvalue weighted by Gasteiger charge is -2.26. The van der Waals surface area contributed by atoms with Gasteiger partial charge in [0.1, 0.15) is 0 Å². The topological polar surface area (TPSA) is 78.4 Å². The van der Waals surface area contributed by atoms with E-state index < -0.39 is 5.97 Å². The van der Waals surface area contributed by atoms with Crippen molar-refractivity contribution >= 4 is 11.9 Å². The SMILES string of the molecule is CC(CC(=O)O)NC(=O)CC1CNC1. The highest BCUT2D eigenvalue weighted by Gasteiger charge is 2.21. The summed E-state index contributed by atoms with van der Waals surface area (Å²) in [6, 6.07) is -0.284. The molecule has 3 N–H and O–H groups in total. The first kappa shape index (κ1) is 11.0. The molecule has 14 heavy (non-hydrogen) atoms. The van der Waals surface area contributed by atoms with E-state index in [-0.39, 0.29) is 18.4 Å². The van der Waals surface area contributed by atoms with Crippen molar-refractivity contribution in [1.82, 2.24) is 10.6 Å². The molecule has 0 aliphatic carbocycles. The van der Waals surface area contributed by atoms with E-state index in [1.807, 2.05) is 0 Å². The van der Waals surface area contributed by atoms with E-state index in [9.17, 15) is 9.59 Å². The third kappa shape index (κ3) is 3.74. The van der Waals surface area contributed by atoms with E-state index in [0.717, 1.165) is 13.1 Å². The summed E-state index contributed by atoms with van der Waals surface area (Å²) in [5, 5.41) is 14.2. The van der Waals surface area contributed by atoms with Crippen molar-refractivity contribution in [1.29, 1.82) is 0 Å². The van der Waals surface area contributed by atoms with Gasteiger partial charge >= 0.3 is 5.97 Å². The normalized spacial score (nSPS) is 18.4. The molecule has 80 valence electrons. The first-order chi connectivity index (χ1) is 6.58. The summed E-state index contributed by atoms with van der Waals surface area (Å²) in [6.45, 7) is 3.48. The third-order valence-corrected chi connectivity index (χ3v) is 2.23. The number of rotatable bonds is 5. The second-order valence-corrected chi connectivity index (χ2v) is 3.79. The fourth-order valence-electron chi connectivity index (χ4n) is 1.40. The molecule has 0 aromatic carbocycles. The number of carboxylic acids is 1. The average molecular weight is 200 g/mol. The first-order valence-corrected chi connectivity index (χ1v) is 4.80. The largest absolute Gasteiger partial charge is 0.481 e. The van der Waals surface area contributed by atoms with Crippen LogP contribution in [0.2, 0.25) is 0 Å². The molecule has 0 aromatic heterocycles. The summed E-state index contributed by atoms with van der Waals surface area (Å²) in [4.78, 5) is 21.6. The molecule has 0 bridgehead atoms. The summed E-state index contributed by atoms with van der Waals surface area (Å²) in [7, 11) is 0. The molecule has 1 aliphatic heterocycles. The van der Waals surface area contributed by atoms with Crippen LogP contribution in [0.1, 0.15) is 19.8 Å². The molecular weight excluding hydrogens is 184 g/mol. The molecular formula is C9H16N2O3. The zero-order valence-electron chi connectivity index (χ0n) is 8.25. The number of hydrogen-bond acceptors (Lipinski definition) is 3. The van der Waals surface area contributed by atoms with Gasteiger partial charge in [-0.25, -0.2) is 0 Å². The van der Waals surface area contributed by atoms with E-state index in [0.29, 0.717) is 12.3 Å². The van der Waals surface area contributed by atoms with Gasteiger partial charge in [-0.3, -0.25) is 9.59 Å². The van der Waals surface area contributed by atoms with Gasteiger partial charge in [0, 0.05) is 12.5 Å². The number of carboxylic acid groups (broad SMARTS) is 1. The number of carbonyl (C=O) groups is 2. The minimum atomic E-state index is -0.886. The summed E-state index contributed by atoms with van der Waals surface area (Å²) in [5.41, 5.74) is 0. The Morgan fingerprint density at radius 1 is 1.57 bits per heavy atom. The molecule has 1 fully saturated rings. The maximum Gasteiger partial charge on any atom is 0.305 e. The maximum atomic E-state index is 11.3. The lowest BCUT2D eigenvalue weighted by molar-refractivity contribution is -0.137. The third-order valence-electron chi connectivity index (χ3n) is 2.23. The average Bonchev–Trinajstić information content (AvgIpc) is 1.94.